The minimum absolute atomic E-state index is 0.132. The van der Waals surface area contributed by atoms with Gasteiger partial charge in [0.1, 0.15) is 11.6 Å². The summed E-state index contributed by atoms with van der Waals surface area (Å²) in [6.45, 7) is 3.88. The molecule has 0 aliphatic carbocycles. The number of benzene rings is 1. The predicted octanol–water partition coefficient (Wildman–Crippen LogP) is 2.64. The molecule has 18 heavy (non-hydrogen) atoms. The average molecular weight is 243 g/mol. The van der Waals surface area contributed by atoms with Crippen molar-refractivity contribution in [2.24, 2.45) is 0 Å². The van der Waals surface area contributed by atoms with Crippen molar-refractivity contribution in [3.63, 3.8) is 0 Å². The molecule has 0 bridgehead atoms. The molecule has 4 heteroatoms. The fourth-order valence-electron chi connectivity index (χ4n) is 1.94. The highest BCUT2D eigenvalue weighted by Gasteiger charge is 2.09. The smallest absolute Gasteiger partial charge is 0.252 e. The Morgan fingerprint density at radius 3 is 2.67 bits per heavy atom. The molecule has 0 aliphatic rings. The molecular weight excluding hydrogens is 226 g/mol. The molecule has 1 atom stereocenters. The number of nitrogens with one attached hydrogen (secondary N) is 2. The van der Waals surface area contributed by atoms with Crippen LogP contribution in [0.25, 0.3) is 0 Å². The van der Waals surface area contributed by atoms with Crippen LogP contribution in [-0.4, -0.2) is 9.97 Å². The number of hydrogen-bond donors (Lipinski definition) is 2. The Kier molecular flexibility index (Phi) is 3.77. The predicted molar refractivity (Wildman–Crippen MR) is 72.7 cm³/mol. The minimum atomic E-state index is -0.132. The van der Waals surface area contributed by atoms with Gasteiger partial charge in [-0.15, -0.1) is 0 Å². The van der Waals surface area contributed by atoms with Crippen molar-refractivity contribution in [1.82, 2.24) is 9.97 Å². The summed E-state index contributed by atoms with van der Waals surface area (Å²) >= 11 is 0. The monoisotopic (exact) mass is 243 g/mol. The Balaban J connectivity index is 2.23. The quantitative estimate of drug-likeness (QED) is 0.868. The van der Waals surface area contributed by atoms with E-state index in [0.29, 0.717) is 11.6 Å². The van der Waals surface area contributed by atoms with Crippen molar-refractivity contribution >= 4 is 5.82 Å². The summed E-state index contributed by atoms with van der Waals surface area (Å²) in [6.07, 6.45) is 0.928. The molecule has 0 saturated heterocycles. The molecule has 0 radical (unpaired) electrons. The Morgan fingerprint density at radius 2 is 2.06 bits per heavy atom. The molecule has 1 unspecified atom stereocenters. The van der Waals surface area contributed by atoms with E-state index < -0.39 is 0 Å². The van der Waals surface area contributed by atoms with E-state index in [-0.39, 0.29) is 11.6 Å². The molecule has 1 heterocycles. The second kappa shape index (κ2) is 5.49. The molecule has 94 valence electrons. The summed E-state index contributed by atoms with van der Waals surface area (Å²) < 4.78 is 0. The van der Waals surface area contributed by atoms with Crippen LogP contribution in [0.1, 0.15) is 30.8 Å². The number of nitrogens with zero attached hydrogens (tertiary/aromatic N) is 1. The van der Waals surface area contributed by atoms with Crippen LogP contribution >= 0.6 is 0 Å². The second-order valence-electron chi connectivity index (χ2n) is 4.23. The molecule has 2 N–H and O–H groups in total. The number of anilines is 1. The van der Waals surface area contributed by atoms with E-state index in [2.05, 4.69) is 34.3 Å². The molecule has 1 aromatic carbocycles. The zero-order chi connectivity index (χ0) is 13.0. The van der Waals surface area contributed by atoms with Crippen molar-refractivity contribution in [2.45, 2.75) is 26.3 Å². The Hall–Kier alpha value is -2.10. The van der Waals surface area contributed by atoms with E-state index in [1.165, 1.54) is 11.6 Å². The summed E-state index contributed by atoms with van der Waals surface area (Å²) in [5, 5.41) is 3.30. The van der Waals surface area contributed by atoms with Crippen molar-refractivity contribution in [3.8, 4) is 0 Å². The van der Waals surface area contributed by atoms with Gasteiger partial charge in [-0.1, -0.05) is 37.3 Å². The van der Waals surface area contributed by atoms with Gasteiger partial charge in [0.25, 0.3) is 5.56 Å². The van der Waals surface area contributed by atoms with Gasteiger partial charge in [0.05, 0.1) is 6.04 Å². The topological polar surface area (TPSA) is 57.8 Å². The maximum absolute atomic E-state index is 11.4. The third-order valence-corrected chi connectivity index (χ3v) is 2.79. The van der Waals surface area contributed by atoms with E-state index in [9.17, 15) is 4.79 Å². The highest BCUT2D eigenvalue weighted by atomic mass is 16.1. The summed E-state index contributed by atoms with van der Waals surface area (Å²) in [5.74, 6) is 1.24. The van der Waals surface area contributed by atoms with Gasteiger partial charge in [-0.25, -0.2) is 4.98 Å². The van der Waals surface area contributed by atoms with Crippen LogP contribution in [0.3, 0.4) is 0 Å². The van der Waals surface area contributed by atoms with Crippen molar-refractivity contribution in [2.75, 3.05) is 5.32 Å². The normalized spacial score (nSPS) is 12.1. The maximum atomic E-state index is 11.4. The van der Waals surface area contributed by atoms with E-state index in [1.807, 2.05) is 18.2 Å². The summed E-state index contributed by atoms with van der Waals surface area (Å²) in [5.41, 5.74) is 1.06. The standard InChI is InChI=1S/C14H17N3O/c1-3-12(11-7-5-4-6-8-11)17-13-9-14(18)16-10(2)15-13/h4-9,12H,3H2,1-2H3,(H2,15,16,17,18). The van der Waals surface area contributed by atoms with Crippen LogP contribution < -0.4 is 10.9 Å². The molecule has 0 fully saturated rings. The minimum Gasteiger partial charge on any atom is -0.363 e. The molecule has 0 saturated carbocycles. The highest BCUT2D eigenvalue weighted by molar-refractivity contribution is 5.37. The van der Waals surface area contributed by atoms with Gasteiger partial charge < -0.3 is 10.3 Å². The van der Waals surface area contributed by atoms with Crippen molar-refractivity contribution in [3.05, 3.63) is 58.1 Å². The Bertz CT molecular complexity index is 563. The van der Waals surface area contributed by atoms with Gasteiger partial charge in [0.15, 0.2) is 0 Å². The maximum Gasteiger partial charge on any atom is 0.252 e. The third-order valence-electron chi connectivity index (χ3n) is 2.79. The lowest BCUT2D eigenvalue weighted by Gasteiger charge is -2.18. The van der Waals surface area contributed by atoms with Crippen LogP contribution in [0.4, 0.5) is 5.82 Å². The lowest BCUT2D eigenvalue weighted by Crippen LogP contribution is -2.15. The molecule has 0 aliphatic heterocycles. The van der Waals surface area contributed by atoms with Crippen LogP contribution in [0.2, 0.25) is 0 Å². The molecule has 0 amide bonds. The Labute approximate surface area is 106 Å². The number of H-pyrrole nitrogens is 1. The van der Waals surface area contributed by atoms with Gasteiger partial charge in [-0.05, 0) is 18.9 Å². The van der Waals surface area contributed by atoms with Crippen molar-refractivity contribution < 1.29 is 0 Å². The zero-order valence-electron chi connectivity index (χ0n) is 10.6. The lowest BCUT2D eigenvalue weighted by atomic mass is 10.0. The van der Waals surface area contributed by atoms with E-state index in [0.717, 1.165) is 6.42 Å². The van der Waals surface area contributed by atoms with Crippen LogP contribution in [0.5, 0.6) is 0 Å². The number of aromatic amines is 1. The van der Waals surface area contributed by atoms with Gasteiger partial charge in [-0.2, -0.15) is 0 Å². The number of aryl methyl sites for hydroxylation is 1. The molecule has 4 nitrogen and oxygen atoms in total. The number of aromatic nitrogens is 2. The van der Waals surface area contributed by atoms with E-state index in [4.69, 9.17) is 0 Å². The first-order valence-electron chi connectivity index (χ1n) is 6.08. The molecule has 2 aromatic rings. The fourth-order valence-corrected chi connectivity index (χ4v) is 1.94. The summed E-state index contributed by atoms with van der Waals surface area (Å²) in [6, 6.07) is 11.8. The second-order valence-corrected chi connectivity index (χ2v) is 4.23. The Morgan fingerprint density at radius 1 is 1.33 bits per heavy atom. The van der Waals surface area contributed by atoms with Gasteiger partial charge in [-0.3, -0.25) is 4.79 Å². The molecule has 0 spiro atoms. The molecule has 2 rings (SSSR count). The average Bonchev–Trinajstić information content (AvgIpc) is 2.36. The zero-order valence-corrected chi connectivity index (χ0v) is 10.6. The van der Waals surface area contributed by atoms with Gasteiger partial charge >= 0.3 is 0 Å². The van der Waals surface area contributed by atoms with Crippen molar-refractivity contribution in [1.29, 1.82) is 0 Å². The fraction of sp³-hybridized carbons (Fsp3) is 0.286. The van der Waals surface area contributed by atoms with Crippen LogP contribution in [-0.2, 0) is 0 Å². The lowest BCUT2D eigenvalue weighted by molar-refractivity contribution is 0.742. The summed E-state index contributed by atoms with van der Waals surface area (Å²) in [7, 11) is 0. The highest BCUT2D eigenvalue weighted by Crippen LogP contribution is 2.20. The van der Waals surface area contributed by atoms with E-state index >= 15 is 0 Å². The molecule has 1 aromatic heterocycles. The van der Waals surface area contributed by atoms with Gasteiger partial charge in [0, 0.05) is 6.07 Å². The third kappa shape index (κ3) is 2.97. The first kappa shape index (κ1) is 12.4. The summed E-state index contributed by atoms with van der Waals surface area (Å²) in [4.78, 5) is 18.3. The number of hydrogen-bond acceptors (Lipinski definition) is 3. The van der Waals surface area contributed by atoms with E-state index in [1.54, 1.807) is 6.92 Å². The first-order chi connectivity index (χ1) is 8.69. The van der Waals surface area contributed by atoms with Gasteiger partial charge in [0.2, 0.25) is 0 Å². The van der Waals surface area contributed by atoms with Crippen LogP contribution in [0.15, 0.2) is 41.2 Å². The first-order valence-corrected chi connectivity index (χ1v) is 6.08. The molecular formula is C14H17N3O. The SMILES string of the molecule is CCC(Nc1cc(=O)[nH]c(C)n1)c1ccccc1. The number of rotatable bonds is 4. The largest absolute Gasteiger partial charge is 0.363 e. The van der Waals surface area contributed by atoms with Crippen LogP contribution in [0, 0.1) is 6.92 Å².